The maximum Gasteiger partial charge on any atom is 0.221 e. The highest BCUT2D eigenvalue weighted by atomic mass is 16.1. The third-order valence-corrected chi connectivity index (χ3v) is 3.38. The minimum atomic E-state index is -0.111. The standard InChI is InChI=1S/C15H25N5O/c1-5-16-11-10-12(19-14(18-11)15(2,3)4)20-8-6-13(21)17-7-9-20/h10H,5-9H2,1-4H3,(H,17,21)(H,16,18,19). The van der Waals surface area contributed by atoms with E-state index < -0.39 is 0 Å². The fourth-order valence-corrected chi connectivity index (χ4v) is 2.20. The Labute approximate surface area is 126 Å². The highest BCUT2D eigenvalue weighted by molar-refractivity contribution is 5.77. The van der Waals surface area contributed by atoms with E-state index >= 15 is 0 Å². The number of carbonyl (C=O) groups is 1. The molecule has 2 heterocycles. The van der Waals surface area contributed by atoms with E-state index in [1.165, 1.54) is 0 Å². The SMILES string of the molecule is CCNc1cc(N2CCNC(=O)CC2)nc(C(C)(C)C)n1. The monoisotopic (exact) mass is 291 g/mol. The molecular formula is C15H25N5O. The number of anilines is 2. The minimum absolute atomic E-state index is 0.106. The lowest BCUT2D eigenvalue weighted by Crippen LogP contribution is -2.30. The van der Waals surface area contributed by atoms with Crippen LogP contribution in [0.4, 0.5) is 11.6 Å². The number of amides is 1. The average Bonchev–Trinajstić information content (AvgIpc) is 2.63. The molecule has 2 rings (SSSR count). The lowest BCUT2D eigenvalue weighted by Gasteiger charge is -2.24. The molecule has 6 nitrogen and oxygen atoms in total. The molecule has 0 spiro atoms. The molecule has 1 aromatic heterocycles. The molecule has 1 fully saturated rings. The maximum absolute atomic E-state index is 11.5. The first-order valence-corrected chi connectivity index (χ1v) is 7.55. The van der Waals surface area contributed by atoms with Gasteiger partial charge < -0.3 is 15.5 Å². The molecule has 1 aliphatic heterocycles. The Morgan fingerprint density at radius 2 is 2.10 bits per heavy atom. The Balaban J connectivity index is 2.32. The van der Waals surface area contributed by atoms with Crippen LogP contribution >= 0.6 is 0 Å². The molecule has 1 amide bonds. The second-order valence-electron chi connectivity index (χ2n) is 6.30. The van der Waals surface area contributed by atoms with Crippen LogP contribution in [0, 0.1) is 0 Å². The molecule has 21 heavy (non-hydrogen) atoms. The van der Waals surface area contributed by atoms with Crippen LogP contribution in [0.3, 0.4) is 0 Å². The van der Waals surface area contributed by atoms with Crippen molar-refractivity contribution >= 4 is 17.5 Å². The summed E-state index contributed by atoms with van der Waals surface area (Å²) in [7, 11) is 0. The molecule has 0 radical (unpaired) electrons. The lowest BCUT2D eigenvalue weighted by molar-refractivity contribution is -0.120. The van der Waals surface area contributed by atoms with Crippen LogP contribution in [-0.4, -0.2) is 42.1 Å². The van der Waals surface area contributed by atoms with Crippen LogP contribution in [0.15, 0.2) is 6.07 Å². The van der Waals surface area contributed by atoms with Crippen LogP contribution < -0.4 is 15.5 Å². The predicted molar refractivity (Wildman–Crippen MR) is 84.7 cm³/mol. The van der Waals surface area contributed by atoms with Crippen molar-refractivity contribution in [1.29, 1.82) is 0 Å². The summed E-state index contributed by atoms with van der Waals surface area (Å²) in [5.41, 5.74) is -0.111. The van der Waals surface area contributed by atoms with E-state index in [4.69, 9.17) is 4.98 Å². The van der Waals surface area contributed by atoms with E-state index in [0.717, 1.165) is 30.5 Å². The van der Waals surface area contributed by atoms with E-state index in [9.17, 15) is 4.79 Å². The normalized spacial score (nSPS) is 16.4. The van der Waals surface area contributed by atoms with Gasteiger partial charge in [0, 0.05) is 44.1 Å². The fraction of sp³-hybridized carbons (Fsp3) is 0.667. The van der Waals surface area contributed by atoms with E-state index in [0.29, 0.717) is 19.5 Å². The molecule has 0 unspecified atom stereocenters. The molecule has 0 aromatic carbocycles. The van der Waals surface area contributed by atoms with Gasteiger partial charge in [0.2, 0.25) is 5.91 Å². The fourth-order valence-electron chi connectivity index (χ4n) is 2.20. The molecule has 1 aromatic rings. The van der Waals surface area contributed by atoms with Gasteiger partial charge in [-0.25, -0.2) is 9.97 Å². The zero-order valence-corrected chi connectivity index (χ0v) is 13.4. The quantitative estimate of drug-likeness (QED) is 0.884. The van der Waals surface area contributed by atoms with E-state index in [2.05, 4.69) is 41.3 Å². The van der Waals surface area contributed by atoms with Crippen LogP contribution in [-0.2, 0) is 10.2 Å². The number of rotatable bonds is 3. The molecule has 1 aliphatic rings. The van der Waals surface area contributed by atoms with Gasteiger partial charge in [-0.05, 0) is 6.92 Å². The van der Waals surface area contributed by atoms with Gasteiger partial charge in [0.05, 0.1) is 0 Å². The van der Waals surface area contributed by atoms with E-state index in [1.54, 1.807) is 0 Å². The van der Waals surface area contributed by atoms with Crippen molar-refractivity contribution in [3.63, 3.8) is 0 Å². The highest BCUT2D eigenvalue weighted by Crippen LogP contribution is 2.24. The summed E-state index contributed by atoms with van der Waals surface area (Å²) >= 11 is 0. The summed E-state index contributed by atoms with van der Waals surface area (Å²) in [5, 5.41) is 6.15. The van der Waals surface area contributed by atoms with Gasteiger partial charge in [0.1, 0.15) is 17.5 Å². The van der Waals surface area contributed by atoms with Crippen LogP contribution in [0.5, 0.6) is 0 Å². The van der Waals surface area contributed by atoms with Crippen molar-refractivity contribution in [2.75, 3.05) is 36.4 Å². The first kappa shape index (κ1) is 15.5. The smallest absolute Gasteiger partial charge is 0.221 e. The maximum atomic E-state index is 11.5. The molecule has 0 saturated carbocycles. The van der Waals surface area contributed by atoms with Crippen molar-refractivity contribution in [3.05, 3.63) is 11.9 Å². The highest BCUT2D eigenvalue weighted by Gasteiger charge is 2.22. The minimum Gasteiger partial charge on any atom is -0.370 e. The van der Waals surface area contributed by atoms with Gasteiger partial charge in [-0.2, -0.15) is 0 Å². The van der Waals surface area contributed by atoms with Crippen LogP contribution in [0.2, 0.25) is 0 Å². The Hall–Kier alpha value is -1.85. The molecule has 0 aliphatic carbocycles. The molecular weight excluding hydrogens is 266 g/mol. The summed E-state index contributed by atoms with van der Waals surface area (Å²) < 4.78 is 0. The van der Waals surface area contributed by atoms with E-state index in [1.807, 2.05) is 13.0 Å². The van der Waals surface area contributed by atoms with Crippen LogP contribution in [0.25, 0.3) is 0 Å². The van der Waals surface area contributed by atoms with Crippen molar-refractivity contribution in [2.24, 2.45) is 0 Å². The van der Waals surface area contributed by atoms with Gasteiger partial charge in [0.25, 0.3) is 0 Å². The van der Waals surface area contributed by atoms with Gasteiger partial charge in [-0.15, -0.1) is 0 Å². The third kappa shape index (κ3) is 4.06. The predicted octanol–water partition coefficient (Wildman–Crippen LogP) is 1.53. The second-order valence-corrected chi connectivity index (χ2v) is 6.30. The summed E-state index contributed by atoms with van der Waals surface area (Å²) in [6.07, 6.45) is 0.505. The first-order chi connectivity index (χ1) is 9.90. The lowest BCUT2D eigenvalue weighted by atomic mass is 9.96. The third-order valence-electron chi connectivity index (χ3n) is 3.38. The number of hydrogen-bond acceptors (Lipinski definition) is 5. The largest absolute Gasteiger partial charge is 0.370 e. The molecule has 6 heteroatoms. The van der Waals surface area contributed by atoms with Gasteiger partial charge in [0.15, 0.2) is 0 Å². The Bertz CT molecular complexity index is 509. The number of nitrogens with zero attached hydrogens (tertiary/aromatic N) is 3. The van der Waals surface area contributed by atoms with Gasteiger partial charge in [-0.3, -0.25) is 4.79 Å². The number of aromatic nitrogens is 2. The van der Waals surface area contributed by atoms with Crippen molar-refractivity contribution in [1.82, 2.24) is 15.3 Å². The molecule has 0 atom stereocenters. The number of nitrogens with one attached hydrogen (secondary N) is 2. The Morgan fingerprint density at radius 3 is 2.76 bits per heavy atom. The van der Waals surface area contributed by atoms with Gasteiger partial charge >= 0.3 is 0 Å². The Morgan fingerprint density at radius 1 is 1.33 bits per heavy atom. The number of hydrogen-bond donors (Lipinski definition) is 2. The summed E-state index contributed by atoms with van der Waals surface area (Å²) in [5.74, 6) is 2.66. The second kappa shape index (κ2) is 6.28. The topological polar surface area (TPSA) is 70.2 Å². The molecule has 0 bridgehead atoms. The zero-order valence-electron chi connectivity index (χ0n) is 13.4. The average molecular weight is 291 g/mol. The summed E-state index contributed by atoms with van der Waals surface area (Å²) in [6.45, 7) is 11.3. The summed E-state index contributed by atoms with van der Waals surface area (Å²) in [4.78, 5) is 22.9. The molecule has 1 saturated heterocycles. The molecule has 2 N–H and O–H groups in total. The van der Waals surface area contributed by atoms with Crippen molar-refractivity contribution in [2.45, 2.75) is 39.5 Å². The van der Waals surface area contributed by atoms with Crippen molar-refractivity contribution in [3.8, 4) is 0 Å². The first-order valence-electron chi connectivity index (χ1n) is 7.55. The van der Waals surface area contributed by atoms with Gasteiger partial charge in [-0.1, -0.05) is 20.8 Å². The molecule has 116 valence electrons. The number of carbonyl (C=O) groups excluding carboxylic acids is 1. The Kier molecular flexibility index (Phi) is 4.65. The van der Waals surface area contributed by atoms with Crippen molar-refractivity contribution < 1.29 is 4.79 Å². The summed E-state index contributed by atoms with van der Waals surface area (Å²) in [6, 6.07) is 1.97. The van der Waals surface area contributed by atoms with Crippen LogP contribution in [0.1, 0.15) is 39.9 Å². The zero-order chi connectivity index (χ0) is 15.5. The van der Waals surface area contributed by atoms with E-state index in [-0.39, 0.29) is 11.3 Å².